The summed E-state index contributed by atoms with van der Waals surface area (Å²) in [6.07, 6.45) is 7.38. The van der Waals surface area contributed by atoms with Gasteiger partial charge in [0.25, 0.3) is 0 Å². The molecule has 1 aromatic heterocycles. The fraction of sp³-hybridized carbons (Fsp3) is 0.696. The summed E-state index contributed by atoms with van der Waals surface area (Å²) in [7, 11) is 3.97. The first kappa shape index (κ1) is 25.0. The number of carbonyl (C=O) groups excluding carboxylic acids is 1. The van der Waals surface area contributed by atoms with Crippen LogP contribution in [0.25, 0.3) is 0 Å². The quantitative estimate of drug-likeness (QED) is 0.329. The molecule has 0 bridgehead atoms. The average Bonchev–Trinajstić information content (AvgIpc) is 3.49. The van der Waals surface area contributed by atoms with Crippen molar-refractivity contribution in [2.45, 2.75) is 44.7 Å². The minimum absolute atomic E-state index is 0. The highest BCUT2D eigenvalue weighted by Crippen LogP contribution is 2.28. The van der Waals surface area contributed by atoms with Crippen LogP contribution in [0.4, 0.5) is 5.82 Å². The van der Waals surface area contributed by atoms with Crippen molar-refractivity contribution in [2.24, 2.45) is 10.9 Å². The molecule has 0 spiro atoms. The highest BCUT2D eigenvalue weighted by atomic mass is 127. The fourth-order valence-corrected chi connectivity index (χ4v) is 4.95. The molecule has 32 heavy (non-hydrogen) atoms. The van der Waals surface area contributed by atoms with Crippen molar-refractivity contribution in [3.8, 4) is 0 Å². The molecular weight excluding hydrogens is 517 g/mol. The number of hydrogen-bond donors (Lipinski definition) is 2. The molecule has 1 unspecified atom stereocenters. The standard InChI is InChI=1S/C23H37N7O.HI/c1-24-23(27-20-9-11-30(17-20)22(31)18-6-3-4-7-18)26-16-19-8-5-10-25-21(19)29-14-12-28(2)13-15-29;/h5,8,10,18,20H,3-4,6-7,9,11-17H2,1-2H3,(H2,24,26,27);1H. The third-order valence-electron chi connectivity index (χ3n) is 6.89. The third-order valence-corrected chi connectivity index (χ3v) is 6.89. The maximum Gasteiger partial charge on any atom is 0.225 e. The second-order valence-corrected chi connectivity index (χ2v) is 9.10. The maximum absolute atomic E-state index is 12.7. The number of aromatic nitrogens is 1. The van der Waals surface area contributed by atoms with Crippen LogP contribution in [0.5, 0.6) is 0 Å². The minimum atomic E-state index is 0. The highest BCUT2D eigenvalue weighted by molar-refractivity contribution is 14.0. The van der Waals surface area contributed by atoms with Crippen LogP contribution in [0.2, 0.25) is 0 Å². The number of aliphatic imine (C=N–C) groups is 1. The van der Waals surface area contributed by atoms with Crippen molar-refractivity contribution in [1.29, 1.82) is 0 Å². The first-order valence-corrected chi connectivity index (χ1v) is 11.8. The van der Waals surface area contributed by atoms with Gasteiger partial charge in [-0.25, -0.2) is 4.98 Å². The summed E-state index contributed by atoms with van der Waals surface area (Å²) >= 11 is 0. The van der Waals surface area contributed by atoms with Crippen LogP contribution in [0.3, 0.4) is 0 Å². The predicted octanol–water partition coefficient (Wildman–Crippen LogP) is 1.91. The van der Waals surface area contributed by atoms with E-state index in [4.69, 9.17) is 0 Å². The minimum Gasteiger partial charge on any atom is -0.354 e. The second-order valence-electron chi connectivity index (χ2n) is 9.10. The summed E-state index contributed by atoms with van der Waals surface area (Å²) in [4.78, 5) is 28.6. The van der Waals surface area contributed by atoms with Gasteiger partial charge in [0.2, 0.25) is 5.91 Å². The summed E-state index contributed by atoms with van der Waals surface area (Å²) < 4.78 is 0. The largest absolute Gasteiger partial charge is 0.354 e. The molecule has 1 aliphatic carbocycles. The molecule has 2 N–H and O–H groups in total. The Morgan fingerprint density at radius 2 is 1.91 bits per heavy atom. The van der Waals surface area contributed by atoms with Crippen molar-refractivity contribution in [1.82, 2.24) is 25.4 Å². The maximum atomic E-state index is 12.7. The van der Waals surface area contributed by atoms with E-state index in [1.165, 1.54) is 18.4 Å². The van der Waals surface area contributed by atoms with Gasteiger partial charge in [-0.05, 0) is 32.4 Å². The Bertz CT molecular complexity index is 775. The topological polar surface area (TPSA) is 76.1 Å². The molecule has 8 nitrogen and oxygen atoms in total. The molecule has 2 aliphatic heterocycles. The SMILES string of the molecule is CN=C(NCc1cccnc1N1CCN(C)CC1)NC1CCN(C(=O)C2CCCC2)C1.I. The van der Waals surface area contributed by atoms with Gasteiger partial charge in [-0.2, -0.15) is 0 Å². The van der Waals surface area contributed by atoms with Crippen LogP contribution in [-0.4, -0.2) is 86.1 Å². The smallest absolute Gasteiger partial charge is 0.225 e. The van der Waals surface area contributed by atoms with Gasteiger partial charge >= 0.3 is 0 Å². The number of amides is 1. The lowest BCUT2D eigenvalue weighted by atomic mass is 10.1. The van der Waals surface area contributed by atoms with E-state index in [2.05, 4.69) is 43.5 Å². The van der Waals surface area contributed by atoms with Crippen LogP contribution in [-0.2, 0) is 11.3 Å². The lowest BCUT2D eigenvalue weighted by Crippen LogP contribution is -2.46. The molecule has 1 aromatic rings. The number of piperazine rings is 1. The van der Waals surface area contributed by atoms with E-state index in [0.29, 0.717) is 12.5 Å². The lowest BCUT2D eigenvalue weighted by molar-refractivity contribution is -0.134. The first-order chi connectivity index (χ1) is 15.1. The molecule has 3 aliphatic rings. The van der Waals surface area contributed by atoms with Crippen LogP contribution < -0.4 is 15.5 Å². The number of pyridine rings is 1. The van der Waals surface area contributed by atoms with Gasteiger partial charge in [-0.3, -0.25) is 9.79 Å². The second kappa shape index (κ2) is 12.0. The molecule has 0 aromatic carbocycles. The van der Waals surface area contributed by atoms with E-state index >= 15 is 0 Å². The zero-order valence-corrected chi connectivity index (χ0v) is 21.8. The zero-order chi connectivity index (χ0) is 21.6. The molecule has 3 heterocycles. The van der Waals surface area contributed by atoms with Gasteiger partial charge in [-0.15, -0.1) is 24.0 Å². The molecule has 3 fully saturated rings. The van der Waals surface area contributed by atoms with E-state index in [9.17, 15) is 4.79 Å². The Morgan fingerprint density at radius 1 is 1.16 bits per heavy atom. The number of nitrogens with zero attached hydrogens (tertiary/aromatic N) is 5. The average molecular weight is 556 g/mol. The molecule has 1 saturated carbocycles. The molecule has 1 amide bonds. The van der Waals surface area contributed by atoms with E-state index in [-0.39, 0.29) is 35.9 Å². The Labute approximate surface area is 209 Å². The number of halogens is 1. The highest BCUT2D eigenvalue weighted by Gasteiger charge is 2.32. The van der Waals surface area contributed by atoms with Crippen molar-refractivity contribution in [3.05, 3.63) is 23.9 Å². The molecular formula is C23H38IN7O. The number of guanidine groups is 1. The fourth-order valence-electron chi connectivity index (χ4n) is 4.95. The van der Waals surface area contributed by atoms with Crippen molar-refractivity contribution in [2.75, 3.05) is 58.3 Å². The van der Waals surface area contributed by atoms with Gasteiger partial charge in [0.1, 0.15) is 5.82 Å². The van der Waals surface area contributed by atoms with Gasteiger partial charge in [0, 0.05) is 76.6 Å². The van der Waals surface area contributed by atoms with E-state index in [0.717, 1.165) is 70.3 Å². The lowest BCUT2D eigenvalue weighted by Gasteiger charge is -2.34. The monoisotopic (exact) mass is 555 g/mol. The molecule has 1 atom stereocenters. The summed E-state index contributed by atoms with van der Waals surface area (Å²) in [5, 5.41) is 6.98. The van der Waals surface area contributed by atoms with Crippen molar-refractivity contribution in [3.63, 3.8) is 0 Å². The molecule has 178 valence electrons. The number of nitrogens with one attached hydrogen (secondary N) is 2. The normalized spacial score (nSPS) is 22.7. The van der Waals surface area contributed by atoms with Crippen LogP contribution in [0.15, 0.2) is 23.3 Å². The predicted molar refractivity (Wildman–Crippen MR) is 140 cm³/mol. The van der Waals surface area contributed by atoms with Crippen LogP contribution in [0.1, 0.15) is 37.7 Å². The first-order valence-electron chi connectivity index (χ1n) is 11.8. The van der Waals surface area contributed by atoms with Gasteiger partial charge in [-0.1, -0.05) is 18.9 Å². The van der Waals surface area contributed by atoms with E-state index in [1.807, 2.05) is 17.2 Å². The van der Waals surface area contributed by atoms with Gasteiger partial charge in [0.15, 0.2) is 5.96 Å². The number of rotatable bonds is 5. The Kier molecular flexibility index (Phi) is 9.39. The molecule has 0 radical (unpaired) electrons. The van der Waals surface area contributed by atoms with E-state index < -0.39 is 0 Å². The van der Waals surface area contributed by atoms with Crippen molar-refractivity contribution < 1.29 is 4.79 Å². The molecule has 9 heteroatoms. The number of likely N-dealkylation sites (tertiary alicyclic amines) is 1. The number of likely N-dealkylation sites (N-methyl/N-ethyl adjacent to an activating group) is 1. The molecule has 4 rings (SSSR count). The number of hydrogen-bond acceptors (Lipinski definition) is 5. The van der Waals surface area contributed by atoms with Gasteiger partial charge in [0.05, 0.1) is 0 Å². The summed E-state index contributed by atoms with van der Waals surface area (Å²) in [5.74, 6) is 2.47. The van der Waals surface area contributed by atoms with Crippen LogP contribution in [0, 0.1) is 5.92 Å². The summed E-state index contributed by atoms with van der Waals surface area (Å²) in [6, 6.07) is 4.39. The Hall–Kier alpha value is -1.62. The van der Waals surface area contributed by atoms with Crippen molar-refractivity contribution >= 4 is 41.7 Å². The van der Waals surface area contributed by atoms with E-state index in [1.54, 1.807) is 7.05 Å². The summed E-state index contributed by atoms with van der Waals surface area (Å²) in [6.45, 7) is 6.41. The number of carbonyl (C=O) groups is 1. The zero-order valence-electron chi connectivity index (χ0n) is 19.4. The third kappa shape index (κ3) is 6.24. The Morgan fingerprint density at radius 3 is 2.62 bits per heavy atom. The summed E-state index contributed by atoms with van der Waals surface area (Å²) in [5.41, 5.74) is 1.18. The molecule has 2 saturated heterocycles. The van der Waals surface area contributed by atoms with Crippen LogP contribution >= 0.6 is 24.0 Å². The number of anilines is 1. The Balaban J connectivity index is 0.00000289. The van der Waals surface area contributed by atoms with Gasteiger partial charge < -0.3 is 25.3 Å².